The Hall–Kier alpha value is -2.29. The van der Waals surface area contributed by atoms with Crippen molar-refractivity contribution in [1.29, 1.82) is 0 Å². The van der Waals surface area contributed by atoms with Gasteiger partial charge in [0.15, 0.2) is 0 Å². The van der Waals surface area contributed by atoms with E-state index in [4.69, 9.17) is 9.84 Å². The van der Waals surface area contributed by atoms with Crippen LogP contribution in [0.1, 0.15) is 10.4 Å². The lowest BCUT2D eigenvalue weighted by Crippen LogP contribution is -1.95. The Bertz CT molecular complexity index is 492. The number of hydrogen-bond donors (Lipinski definition) is 1. The minimum atomic E-state index is -0.960. The predicted molar refractivity (Wildman–Crippen MR) is 59.9 cm³/mol. The second kappa shape index (κ2) is 4.49. The van der Waals surface area contributed by atoms with Crippen molar-refractivity contribution in [2.75, 3.05) is 0 Å². The van der Waals surface area contributed by atoms with Gasteiger partial charge < -0.3 is 9.84 Å². The van der Waals surface area contributed by atoms with Crippen LogP contribution in [0.4, 0.5) is 0 Å². The zero-order valence-corrected chi connectivity index (χ0v) is 8.46. The molecule has 0 unspecified atom stereocenters. The van der Waals surface area contributed by atoms with Crippen LogP contribution < -0.4 is 4.74 Å². The second-order valence-corrected chi connectivity index (χ2v) is 3.25. The van der Waals surface area contributed by atoms with Gasteiger partial charge >= 0.3 is 5.97 Å². The standard InChI is InChI=1S/C13H10O3/c14-13(15)10-5-4-8-12(9-10)16-11-6-2-1-3-7-11/h1-9H,(H,14,15)/i4+1,8+1,9+1,10+1,12+1,13+1. The van der Waals surface area contributed by atoms with Crippen LogP contribution in [0.25, 0.3) is 0 Å². The van der Waals surface area contributed by atoms with E-state index in [0.29, 0.717) is 11.5 Å². The Morgan fingerprint density at radius 1 is 0.938 bits per heavy atom. The van der Waals surface area contributed by atoms with Crippen molar-refractivity contribution in [3.05, 3.63) is 60.2 Å². The number of carboxylic acids is 1. The summed E-state index contributed by atoms with van der Waals surface area (Å²) in [7, 11) is 0. The second-order valence-electron chi connectivity index (χ2n) is 3.25. The monoisotopic (exact) mass is 220 g/mol. The molecule has 0 aliphatic carbocycles. The fraction of sp³-hybridized carbons (Fsp3) is 0. The number of carboxylic acid groups (broad SMARTS) is 1. The SMILES string of the molecule is O=[13C](O)[13c]1c[13cH][13cH][13c](Oc2ccccc2)[13cH]1. The van der Waals surface area contributed by atoms with Crippen molar-refractivity contribution in [3.63, 3.8) is 0 Å². The molecule has 0 saturated carbocycles. The maximum Gasteiger partial charge on any atom is 0.335 e. The van der Waals surface area contributed by atoms with Crippen LogP contribution >= 0.6 is 0 Å². The number of benzene rings is 2. The van der Waals surface area contributed by atoms with E-state index in [1.807, 2.05) is 30.3 Å². The third-order valence-electron chi connectivity index (χ3n) is 2.06. The average molecular weight is 220 g/mol. The molecule has 2 aromatic carbocycles. The van der Waals surface area contributed by atoms with Crippen LogP contribution in [0.15, 0.2) is 54.6 Å². The summed E-state index contributed by atoms with van der Waals surface area (Å²) in [4.78, 5) is 10.8. The highest BCUT2D eigenvalue weighted by Gasteiger charge is 2.04. The lowest BCUT2D eigenvalue weighted by atomic mass is 10.3. The summed E-state index contributed by atoms with van der Waals surface area (Å²) in [5.74, 6) is 0.245. The number of hydrogen-bond acceptors (Lipinski definition) is 2. The van der Waals surface area contributed by atoms with Gasteiger partial charge in [0.2, 0.25) is 0 Å². The molecule has 16 heavy (non-hydrogen) atoms. The molecule has 0 atom stereocenters. The van der Waals surface area contributed by atoms with E-state index in [1.54, 1.807) is 12.1 Å². The van der Waals surface area contributed by atoms with E-state index in [1.165, 1.54) is 12.1 Å². The highest BCUT2D eigenvalue weighted by molar-refractivity contribution is 5.88. The molecule has 0 bridgehead atoms. The normalized spacial score (nSPS) is 9.75. The van der Waals surface area contributed by atoms with Gasteiger partial charge in [-0.2, -0.15) is 0 Å². The van der Waals surface area contributed by atoms with Crippen LogP contribution in [0.3, 0.4) is 0 Å². The molecule has 2 rings (SSSR count). The summed E-state index contributed by atoms with van der Waals surface area (Å²) < 4.78 is 5.51. The number of aromatic carboxylic acids is 1. The molecular formula is C13H10O3. The first-order valence-corrected chi connectivity index (χ1v) is 4.82. The molecule has 0 aliphatic heterocycles. The summed E-state index contributed by atoms with van der Waals surface area (Å²) in [6.07, 6.45) is 0. The Morgan fingerprint density at radius 3 is 2.31 bits per heavy atom. The lowest BCUT2D eigenvalue weighted by molar-refractivity contribution is 0.0696. The molecule has 0 heterocycles. The third kappa shape index (κ3) is 2.39. The largest absolute Gasteiger partial charge is 0.478 e. The summed E-state index contributed by atoms with van der Waals surface area (Å²) in [5.41, 5.74) is 0.216. The van der Waals surface area contributed by atoms with Crippen LogP contribution in [0.2, 0.25) is 0 Å². The molecule has 0 fully saturated rings. The topological polar surface area (TPSA) is 46.5 Å². The fourth-order valence-electron chi connectivity index (χ4n) is 1.32. The Balaban J connectivity index is 2.22. The Kier molecular flexibility index (Phi) is 2.87. The molecule has 80 valence electrons. The van der Waals surface area contributed by atoms with Crippen molar-refractivity contribution in [1.82, 2.24) is 0 Å². The fourth-order valence-corrected chi connectivity index (χ4v) is 1.32. The van der Waals surface area contributed by atoms with Gasteiger partial charge in [-0.15, -0.1) is 0 Å². The average Bonchev–Trinajstić information content (AvgIpc) is 2.30. The molecular weight excluding hydrogens is 210 g/mol. The zero-order chi connectivity index (χ0) is 11.4. The Morgan fingerprint density at radius 2 is 1.62 bits per heavy atom. The number of ether oxygens (including phenoxy) is 1. The van der Waals surface area contributed by atoms with Crippen LogP contribution in [-0.4, -0.2) is 11.1 Å². The lowest BCUT2D eigenvalue weighted by Gasteiger charge is -2.05. The van der Waals surface area contributed by atoms with Gasteiger partial charge in [-0.25, -0.2) is 4.79 Å². The minimum absolute atomic E-state index is 0.216. The van der Waals surface area contributed by atoms with E-state index >= 15 is 0 Å². The minimum Gasteiger partial charge on any atom is -0.478 e. The highest BCUT2D eigenvalue weighted by Crippen LogP contribution is 2.21. The van der Waals surface area contributed by atoms with Crippen molar-refractivity contribution in [2.45, 2.75) is 0 Å². The number of carbonyl (C=O) groups is 1. The van der Waals surface area contributed by atoms with E-state index in [2.05, 4.69) is 0 Å². The summed E-state index contributed by atoms with van der Waals surface area (Å²) in [6.45, 7) is 0. The maximum atomic E-state index is 10.8. The van der Waals surface area contributed by atoms with Gasteiger partial charge in [-0.3, -0.25) is 0 Å². The van der Waals surface area contributed by atoms with Gasteiger partial charge in [0, 0.05) is 0 Å². The van der Waals surface area contributed by atoms with Gasteiger partial charge in [-0.05, 0) is 30.3 Å². The summed E-state index contributed by atoms with van der Waals surface area (Å²) in [6, 6.07) is 15.6. The molecule has 3 heteroatoms. The van der Waals surface area contributed by atoms with Gasteiger partial charge in [-0.1, -0.05) is 24.3 Å². The smallest absolute Gasteiger partial charge is 0.335 e. The van der Waals surface area contributed by atoms with E-state index in [-0.39, 0.29) is 5.56 Å². The maximum absolute atomic E-state index is 10.8. The highest BCUT2D eigenvalue weighted by atomic mass is 16.6. The van der Waals surface area contributed by atoms with Crippen molar-refractivity contribution in [2.24, 2.45) is 0 Å². The van der Waals surface area contributed by atoms with E-state index in [0.717, 1.165) is 0 Å². The first kappa shape index (κ1) is 10.2. The molecule has 0 aliphatic rings. The zero-order valence-electron chi connectivity index (χ0n) is 8.46. The molecule has 0 aromatic heterocycles. The first-order valence-electron chi connectivity index (χ1n) is 4.82. The molecule has 2 aromatic rings. The Labute approximate surface area is 92.9 Å². The van der Waals surface area contributed by atoms with Crippen LogP contribution in [0.5, 0.6) is 11.5 Å². The van der Waals surface area contributed by atoms with Crippen molar-refractivity contribution >= 4 is 5.97 Å². The van der Waals surface area contributed by atoms with Gasteiger partial charge in [0.1, 0.15) is 11.5 Å². The molecule has 0 spiro atoms. The van der Waals surface area contributed by atoms with Crippen molar-refractivity contribution < 1.29 is 14.6 Å². The van der Waals surface area contributed by atoms with Crippen LogP contribution in [0, 0.1) is 0 Å². The molecule has 1 N–H and O–H groups in total. The number of rotatable bonds is 3. The molecule has 0 amide bonds. The predicted octanol–water partition coefficient (Wildman–Crippen LogP) is 3.18. The molecule has 0 radical (unpaired) electrons. The summed E-state index contributed by atoms with van der Waals surface area (Å²) in [5, 5.41) is 8.82. The van der Waals surface area contributed by atoms with Gasteiger partial charge in [0.05, 0.1) is 5.56 Å². The van der Waals surface area contributed by atoms with E-state index in [9.17, 15) is 4.79 Å². The van der Waals surface area contributed by atoms with Crippen molar-refractivity contribution in [3.8, 4) is 11.5 Å². The van der Waals surface area contributed by atoms with E-state index < -0.39 is 5.97 Å². The molecule has 3 nitrogen and oxygen atoms in total. The number of para-hydroxylation sites is 1. The third-order valence-corrected chi connectivity index (χ3v) is 2.06. The quantitative estimate of drug-likeness (QED) is 0.808. The van der Waals surface area contributed by atoms with Gasteiger partial charge in [0.25, 0.3) is 0 Å². The summed E-state index contributed by atoms with van der Waals surface area (Å²) >= 11 is 0. The molecule has 0 saturated heterocycles. The first-order chi connectivity index (χ1) is 7.75. The van der Waals surface area contributed by atoms with Crippen LogP contribution in [-0.2, 0) is 0 Å².